The molecule has 1 fully saturated rings. The van der Waals surface area contributed by atoms with Crippen LogP contribution < -0.4 is 10.2 Å². The van der Waals surface area contributed by atoms with Gasteiger partial charge in [0.15, 0.2) is 0 Å². The average Bonchev–Trinajstić information content (AvgIpc) is 2.45. The second-order valence-electron chi connectivity index (χ2n) is 4.57. The molecule has 1 aliphatic rings. The van der Waals surface area contributed by atoms with Crippen LogP contribution in [-0.4, -0.2) is 43.3 Å². The molecule has 5 nitrogen and oxygen atoms in total. The molecule has 5 heteroatoms. The first-order chi connectivity index (χ1) is 8.90. The normalized spacial score (nSPS) is 15.9. The highest BCUT2D eigenvalue weighted by atomic mass is 16.5. The summed E-state index contributed by atoms with van der Waals surface area (Å²) in [5.74, 6) is 0.876. The van der Waals surface area contributed by atoms with E-state index < -0.39 is 0 Å². The molecule has 1 aliphatic heterocycles. The number of aromatic nitrogens is 2. The van der Waals surface area contributed by atoms with Gasteiger partial charge in [-0.1, -0.05) is 0 Å². The zero-order valence-electron chi connectivity index (χ0n) is 11.1. The van der Waals surface area contributed by atoms with Crippen molar-refractivity contribution in [1.29, 1.82) is 0 Å². The molecule has 100 valence electrons. The summed E-state index contributed by atoms with van der Waals surface area (Å²) in [6, 6.07) is 1.97. The van der Waals surface area contributed by atoms with E-state index in [-0.39, 0.29) is 0 Å². The van der Waals surface area contributed by atoms with Crippen molar-refractivity contribution >= 4 is 5.95 Å². The van der Waals surface area contributed by atoms with E-state index in [9.17, 15) is 0 Å². The van der Waals surface area contributed by atoms with Crippen molar-refractivity contribution in [2.45, 2.75) is 25.8 Å². The predicted octanol–water partition coefficient (Wildman–Crippen LogP) is 1.20. The molecule has 2 heterocycles. The number of nitrogens with one attached hydrogen (secondary N) is 1. The highest BCUT2D eigenvalue weighted by Crippen LogP contribution is 2.15. The highest BCUT2D eigenvalue weighted by Gasteiger charge is 2.13. The van der Waals surface area contributed by atoms with Gasteiger partial charge in [-0.25, -0.2) is 9.97 Å². The number of methoxy groups -OCH3 is 1. The van der Waals surface area contributed by atoms with Gasteiger partial charge in [0.2, 0.25) is 5.95 Å². The Bertz CT molecular complexity index is 353. The molecule has 0 unspecified atom stereocenters. The van der Waals surface area contributed by atoms with Crippen molar-refractivity contribution in [3.8, 4) is 0 Å². The average molecular weight is 250 g/mol. The van der Waals surface area contributed by atoms with Crippen molar-refractivity contribution in [3.05, 3.63) is 18.0 Å². The van der Waals surface area contributed by atoms with Gasteiger partial charge in [0.05, 0.1) is 12.3 Å². The first kappa shape index (κ1) is 13.2. The summed E-state index contributed by atoms with van der Waals surface area (Å²) in [6.07, 6.45) is 5.68. The van der Waals surface area contributed by atoms with Crippen molar-refractivity contribution in [2.24, 2.45) is 0 Å². The third-order valence-electron chi connectivity index (χ3n) is 3.13. The van der Waals surface area contributed by atoms with Crippen molar-refractivity contribution in [1.82, 2.24) is 15.3 Å². The van der Waals surface area contributed by atoms with E-state index in [0.29, 0.717) is 0 Å². The monoisotopic (exact) mass is 250 g/mol. The van der Waals surface area contributed by atoms with Crippen LogP contribution in [0.1, 0.15) is 25.0 Å². The molecule has 0 atom stereocenters. The van der Waals surface area contributed by atoms with E-state index in [1.807, 2.05) is 12.3 Å². The van der Waals surface area contributed by atoms with Crippen molar-refractivity contribution < 1.29 is 4.74 Å². The number of nitrogens with zero attached hydrogens (tertiary/aromatic N) is 3. The molecule has 1 N–H and O–H groups in total. The number of hydrogen-bond acceptors (Lipinski definition) is 5. The van der Waals surface area contributed by atoms with E-state index in [1.54, 1.807) is 7.11 Å². The summed E-state index contributed by atoms with van der Waals surface area (Å²) >= 11 is 0. The second kappa shape index (κ2) is 7.28. The summed E-state index contributed by atoms with van der Waals surface area (Å²) in [7, 11) is 1.71. The molecule has 1 aromatic rings. The van der Waals surface area contributed by atoms with Gasteiger partial charge in [0.1, 0.15) is 0 Å². The van der Waals surface area contributed by atoms with E-state index in [0.717, 1.165) is 44.4 Å². The van der Waals surface area contributed by atoms with Crippen LogP contribution in [0.3, 0.4) is 0 Å². The summed E-state index contributed by atoms with van der Waals surface area (Å²) < 4.78 is 5.00. The molecular formula is C13H22N4O. The second-order valence-corrected chi connectivity index (χ2v) is 4.57. The van der Waals surface area contributed by atoms with Crippen LogP contribution in [0.4, 0.5) is 5.95 Å². The minimum Gasteiger partial charge on any atom is -0.383 e. The van der Waals surface area contributed by atoms with E-state index in [1.165, 1.54) is 19.3 Å². The lowest BCUT2D eigenvalue weighted by molar-refractivity contribution is 0.199. The van der Waals surface area contributed by atoms with Gasteiger partial charge in [0, 0.05) is 39.5 Å². The lowest BCUT2D eigenvalue weighted by Gasteiger charge is -2.26. The van der Waals surface area contributed by atoms with Gasteiger partial charge in [0.25, 0.3) is 0 Å². The Hall–Kier alpha value is -1.20. The molecule has 1 saturated heterocycles. The maximum absolute atomic E-state index is 5.00. The number of ether oxygens (including phenoxy) is 1. The molecular weight excluding hydrogens is 228 g/mol. The largest absolute Gasteiger partial charge is 0.383 e. The molecule has 0 saturated carbocycles. The van der Waals surface area contributed by atoms with Crippen molar-refractivity contribution in [2.75, 3.05) is 38.3 Å². The lowest BCUT2D eigenvalue weighted by atomic mass is 10.1. The van der Waals surface area contributed by atoms with Crippen molar-refractivity contribution in [3.63, 3.8) is 0 Å². The first-order valence-electron chi connectivity index (χ1n) is 6.66. The molecule has 1 aromatic heterocycles. The smallest absolute Gasteiger partial charge is 0.225 e. The van der Waals surface area contributed by atoms with E-state index in [2.05, 4.69) is 20.2 Å². The Morgan fingerprint density at radius 2 is 2.17 bits per heavy atom. The summed E-state index contributed by atoms with van der Waals surface area (Å²) in [5.41, 5.74) is 1.04. The lowest BCUT2D eigenvalue weighted by Crippen LogP contribution is -2.31. The van der Waals surface area contributed by atoms with Crippen LogP contribution in [0.2, 0.25) is 0 Å². The summed E-state index contributed by atoms with van der Waals surface area (Å²) in [4.78, 5) is 11.3. The summed E-state index contributed by atoms with van der Waals surface area (Å²) in [6.45, 7) is 4.51. The molecule has 0 amide bonds. The van der Waals surface area contributed by atoms with Crippen LogP contribution >= 0.6 is 0 Å². The predicted molar refractivity (Wildman–Crippen MR) is 71.7 cm³/mol. The number of hydrogen-bond donors (Lipinski definition) is 1. The van der Waals surface area contributed by atoms with Gasteiger partial charge in [-0.2, -0.15) is 0 Å². The third kappa shape index (κ3) is 3.92. The highest BCUT2D eigenvalue weighted by molar-refractivity contribution is 5.30. The fourth-order valence-corrected chi connectivity index (χ4v) is 2.12. The van der Waals surface area contributed by atoms with Gasteiger partial charge in [-0.15, -0.1) is 0 Å². The number of anilines is 1. The molecule has 0 aliphatic carbocycles. The maximum atomic E-state index is 5.00. The molecule has 2 rings (SSSR count). The van der Waals surface area contributed by atoms with Crippen LogP contribution in [0.15, 0.2) is 12.3 Å². The minimum absolute atomic E-state index is 0.726. The zero-order chi connectivity index (χ0) is 12.6. The van der Waals surface area contributed by atoms with Crippen LogP contribution in [0, 0.1) is 0 Å². The first-order valence-corrected chi connectivity index (χ1v) is 6.66. The van der Waals surface area contributed by atoms with E-state index >= 15 is 0 Å². The van der Waals surface area contributed by atoms with Crippen LogP contribution in [0.25, 0.3) is 0 Å². The molecule has 0 aromatic carbocycles. The number of piperidine rings is 1. The Morgan fingerprint density at radius 3 is 2.94 bits per heavy atom. The SMILES string of the molecule is COCCNCc1ccnc(N2CCCCC2)n1. The Kier molecular flexibility index (Phi) is 5.36. The third-order valence-corrected chi connectivity index (χ3v) is 3.13. The van der Waals surface area contributed by atoms with Gasteiger partial charge < -0.3 is 15.0 Å². The zero-order valence-corrected chi connectivity index (χ0v) is 11.1. The fourth-order valence-electron chi connectivity index (χ4n) is 2.12. The molecule has 0 bridgehead atoms. The Balaban J connectivity index is 1.88. The quantitative estimate of drug-likeness (QED) is 0.769. The summed E-state index contributed by atoms with van der Waals surface area (Å²) in [5, 5.41) is 3.30. The standard InChI is InChI=1S/C13H22N4O/c1-18-10-7-14-11-12-5-6-15-13(16-12)17-8-3-2-4-9-17/h5-6,14H,2-4,7-11H2,1H3. The molecule has 0 radical (unpaired) electrons. The van der Waals surface area contributed by atoms with Gasteiger partial charge in [-0.05, 0) is 25.3 Å². The topological polar surface area (TPSA) is 50.3 Å². The Labute approximate surface area is 109 Å². The molecule has 0 spiro atoms. The fraction of sp³-hybridized carbons (Fsp3) is 0.692. The van der Waals surface area contributed by atoms with E-state index in [4.69, 9.17) is 4.74 Å². The Morgan fingerprint density at radius 1 is 1.33 bits per heavy atom. The van der Waals surface area contributed by atoms with Gasteiger partial charge >= 0.3 is 0 Å². The van der Waals surface area contributed by atoms with Crippen LogP contribution in [-0.2, 0) is 11.3 Å². The van der Waals surface area contributed by atoms with Crippen LogP contribution in [0.5, 0.6) is 0 Å². The minimum atomic E-state index is 0.726. The molecule has 18 heavy (non-hydrogen) atoms. The number of rotatable bonds is 6. The maximum Gasteiger partial charge on any atom is 0.225 e. The van der Waals surface area contributed by atoms with Gasteiger partial charge in [-0.3, -0.25) is 0 Å².